The molecule has 0 atom stereocenters. The van der Waals surface area contributed by atoms with Crippen molar-refractivity contribution in [2.75, 3.05) is 6.61 Å². The third kappa shape index (κ3) is 8.92. The van der Waals surface area contributed by atoms with Gasteiger partial charge in [-0.25, -0.2) is 0 Å². The summed E-state index contributed by atoms with van der Waals surface area (Å²) in [5.74, 6) is 0. The number of hydrogen-bond donors (Lipinski definition) is 1. The van der Waals surface area contributed by atoms with Gasteiger partial charge >= 0.3 is 0 Å². The third-order valence-corrected chi connectivity index (χ3v) is 1.26. The van der Waals surface area contributed by atoms with Crippen LogP contribution in [0.3, 0.4) is 0 Å². The van der Waals surface area contributed by atoms with Crippen molar-refractivity contribution in [2.24, 2.45) is 0 Å². The number of hydrogen-bond acceptors (Lipinski definition) is 1. The average molecular weight is 166 g/mol. The van der Waals surface area contributed by atoms with Gasteiger partial charge in [0, 0.05) is 0 Å². The van der Waals surface area contributed by atoms with Crippen molar-refractivity contribution < 1.29 is 5.11 Å². The SMILES string of the molecule is C=C.C=C/C=C\C/C(=C\C)CO. The molecule has 0 bridgehead atoms. The summed E-state index contributed by atoms with van der Waals surface area (Å²) in [7, 11) is 0. The molecule has 0 amide bonds. The van der Waals surface area contributed by atoms with E-state index in [0.29, 0.717) is 0 Å². The zero-order valence-electron chi connectivity index (χ0n) is 7.79. The largest absolute Gasteiger partial charge is 0.392 e. The van der Waals surface area contributed by atoms with Gasteiger partial charge in [0.25, 0.3) is 0 Å². The minimum absolute atomic E-state index is 0.151. The predicted molar refractivity (Wildman–Crippen MR) is 56.1 cm³/mol. The second-order valence-electron chi connectivity index (χ2n) is 1.97. The molecule has 0 fully saturated rings. The highest BCUT2D eigenvalue weighted by molar-refractivity contribution is 5.09. The predicted octanol–water partition coefficient (Wildman–Crippen LogP) is 2.86. The Bertz CT molecular complexity index is 154. The summed E-state index contributed by atoms with van der Waals surface area (Å²) in [6.45, 7) is 11.6. The minimum Gasteiger partial charge on any atom is -0.392 e. The fourth-order valence-corrected chi connectivity index (χ4v) is 0.589. The molecule has 0 radical (unpaired) electrons. The van der Waals surface area contributed by atoms with Crippen molar-refractivity contribution in [3.8, 4) is 0 Å². The topological polar surface area (TPSA) is 20.2 Å². The van der Waals surface area contributed by atoms with Crippen LogP contribution in [0, 0.1) is 0 Å². The van der Waals surface area contributed by atoms with Crippen molar-refractivity contribution in [3.05, 3.63) is 49.6 Å². The Morgan fingerprint density at radius 3 is 2.33 bits per heavy atom. The molecule has 1 heteroatoms. The van der Waals surface area contributed by atoms with Crippen LogP contribution in [0.5, 0.6) is 0 Å². The molecule has 0 aliphatic rings. The highest BCUT2D eigenvalue weighted by Crippen LogP contribution is 1.99. The molecule has 0 aromatic rings. The van der Waals surface area contributed by atoms with Crippen LogP contribution in [-0.2, 0) is 0 Å². The first-order valence-electron chi connectivity index (χ1n) is 3.87. The maximum Gasteiger partial charge on any atom is 0.0644 e. The Morgan fingerprint density at radius 2 is 2.00 bits per heavy atom. The fourth-order valence-electron chi connectivity index (χ4n) is 0.589. The van der Waals surface area contributed by atoms with Gasteiger partial charge in [-0.1, -0.05) is 30.9 Å². The van der Waals surface area contributed by atoms with Crippen LogP contribution in [0.25, 0.3) is 0 Å². The molecule has 1 nitrogen and oxygen atoms in total. The molecule has 0 saturated carbocycles. The Hall–Kier alpha value is -1.08. The molecule has 12 heavy (non-hydrogen) atoms. The zero-order valence-corrected chi connectivity index (χ0v) is 7.79. The van der Waals surface area contributed by atoms with Crippen LogP contribution in [0.2, 0.25) is 0 Å². The molecule has 0 heterocycles. The van der Waals surface area contributed by atoms with E-state index in [2.05, 4.69) is 19.7 Å². The van der Waals surface area contributed by atoms with Crippen LogP contribution >= 0.6 is 0 Å². The summed E-state index contributed by atoms with van der Waals surface area (Å²) in [5, 5.41) is 8.70. The number of rotatable bonds is 4. The molecule has 0 saturated heterocycles. The molecule has 0 aliphatic heterocycles. The Balaban J connectivity index is 0. The summed E-state index contributed by atoms with van der Waals surface area (Å²) in [6, 6.07) is 0. The van der Waals surface area contributed by atoms with E-state index in [9.17, 15) is 0 Å². The van der Waals surface area contributed by atoms with Crippen LogP contribution in [0.1, 0.15) is 13.3 Å². The van der Waals surface area contributed by atoms with E-state index in [-0.39, 0.29) is 6.61 Å². The standard InChI is InChI=1S/C9H14O.C2H4/c1-3-5-6-7-9(4-2)8-10;1-2/h3-6,10H,1,7-8H2,2H3;1-2H2/b6-5-,9-4+;. The zero-order chi connectivity index (χ0) is 9.82. The normalized spacial score (nSPS) is 10.7. The molecule has 0 aromatic heterocycles. The second-order valence-corrected chi connectivity index (χ2v) is 1.97. The lowest BCUT2D eigenvalue weighted by molar-refractivity contribution is 0.329. The number of aliphatic hydroxyl groups excluding tert-OH is 1. The van der Waals surface area contributed by atoms with E-state index in [1.807, 2.05) is 25.2 Å². The summed E-state index contributed by atoms with van der Waals surface area (Å²) in [5.41, 5.74) is 1.04. The molecule has 0 rings (SSSR count). The van der Waals surface area contributed by atoms with Crippen molar-refractivity contribution in [1.82, 2.24) is 0 Å². The molecule has 0 unspecified atom stereocenters. The van der Waals surface area contributed by atoms with E-state index in [0.717, 1.165) is 12.0 Å². The van der Waals surface area contributed by atoms with Gasteiger partial charge in [-0.3, -0.25) is 0 Å². The quantitative estimate of drug-likeness (QED) is 0.503. The van der Waals surface area contributed by atoms with E-state index in [4.69, 9.17) is 5.11 Å². The van der Waals surface area contributed by atoms with Crippen LogP contribution < -0.4 is 0 Å². The van der Waals surface area contributed by atoms with Crippen LogP contribution in [-0.4, -0.2) is 11.7 Å². The highest BCUT2D eigenvalue weighted by atomic mass is 16.3. The number of aliphatic hydroxyl groups is 1. The van der Waals surface area contributed by atoms with Crippen LogP contribution in [0.4, 0.5) is 0 Å². The van der Waals surface area contributed by atoms with Crippen molar-refractivity contribution in [3.63, 3.8) is 0 Å². The lowest BCUT2D eigenvalue weighted by Gasteiger charge is -1.95. The minimum atomic E-state index is 0.151. The molecule has 1 N–H and O–H groups in total. The molecule has 68 valence electrons. The maximum absolute atomic E-state index is 8.70. The van der Waals surface area contributed by atoms with Gasteiger partial charge in [0.05, 0.1) is 6.61 Å². The maximum atomic E-state index is 8.70. The van der Waals surface area contributed by atoms with Gasteiger partial charge in [-0.05, 0) is 18.9 Å². The van der Waals surface area contributed by atoms with Crippen molar-refractivity contribution >= 4 is 0 Å². The summed E-state index contributed by atoms with van der Waals surface area (Å²) < 4.78 is 0. The van der Waals surface area contributed by atoms with E-state index >= 15 is 0 Å². The van der Waals surface area contributed by atoms with Crippen molar-refractivity contribution in [2.45, 2.75) is 13.3 Å². The lowest BCUT2D eigenvalue weighted by atomic mass is 10.2. The summed E-state index contributed by atoms with van der Waals surface area (Å²) >= 11 is 0. The van der Waals surface area contributed by atoms with E-state index in [1.54, 1.807) is 6.08 Å². The molecular formula is C11H18O. The van der Waals surface area contributed by atoms with E-state index in [1.165, 1.54) is 0 Å². The van der Waals surface area contributed by atoms with E-state index < -0.39 is 0 Å². The van der Waals surface area contributed by atoms with Crippen LogP contribution in [0.15, 0.2) is 49.6 Å². The highest BCUT2D eigenvalue weighted by Gasteiger charge is 1.86. The smallest absolute Gasteiger partial charge is 0.0644 e. The first-order valence-corrected chi connectivity index (χ1v) is 3.87. The average Bonchev–Trinajstić information content (AvgIpc) is 2.16. The molecule has 0 spiro atoms. The summed E-state index contributed by atoms with van der Waals surface area (Å²) in [6.07, 6.45) is 8.31. The van der Waals surface area contributed by atoms with Gasteiger partial charge in [0.15, 0.2) is 0 Å². The van der Waals surface area contributed by atoms with Gasteiger partial charge in [-0.2, -0.15) is 0 Å². The molecule has 0 aliphatic carbocycles. The summed E-state index contributed by atoms with van der Waals surface area (Å²) in [4.78, 5) is 0. The second kappa shape index (κ2) is 12.6. The van der Waals surface area contributed by atoms with Crippen molar-refractivity contribution in [1.29, 1.82) is 0 Å². The van der Waals surface area contributed by atoms with Gasteiger partial charge in [0.1, 0.15) is 0 Å². The van der Waals surface area contributed by atoms with Gasteiger partial charge in [0.2, 0.25) is 0 Å². The Morgan fingerprint density at radius 1 is 1.42 bits per heavy atom. The third-order valence-electron chi connectivity index (χ3n) is 1.26. The Labute approximate surface area is 75.4 Å². The first kappa shape index (κ1) is 13.5. The molecule has 0 aromatic carbocycles. The molecular weight excluding hydrogens is 148 g/mol. The fraction of sp³-hybridized carbons (Fsp3) is 0.273. The monoisotopic (exact) mass is 166 g/mol. The number of allylic oxidation sites excluding steroid dienone is 4. The first-order chi connectivity index (χ1) is 5.85. The lowest BCUT2D eigenvalue weighted by Crippen LogP contribution is -1.86. The Kier molecular flexibility index (Phi) is 14.2. The van der Waals surface area contributed by atoms with Gasteiger partial charge < -0.3 is 5.11 Å². The van der Waals surface area contributed by atoms with Gasteiger partial charge in [-0.15, -0.1) is 13.2 Å².